The topological polar surface area (TPSA) is 84.9 Å². The van der Waals surface area contributed by atoms with Gasteiger partial charge in [-0.2, -0.15) is 0 Å². The number of carbonyl (C=O) groups excluding carboxylic acids is 3. The number of ether oxygens (including phenoxy) is 2. The number of nitrogens with one attached hydrogen (secondary N) is 1. The molecule has 0 spiro atoms. The molecule has 1 unspecified atom stereocenters. The number of rotatable bonds is 9. The summed E-state index contributed by atoms with van der Waals surface area (Å²) in [4.78, 5) is 40.7. The molecule has 2 aliphatic heterocycles. The van der Waals surface area contributed by atoms with Gasteiger partial charge in [0.05, 0.1) is 0 Å². The average Bonchev–Trinajstić information content (AvgIpc) is 2.98. The highest BCUT2D eigenvalue weighted by atomic mass is 32.2. The lowest BCUT2D eigenvalue weighted by molar-refractivity contribution is -0.154. The van der Waals surface area contributed by atoms with Crippen molar-refractivity contribution in [3.8, 4) is 5.75 Å². The Morgan fingerprint density at radius 2 is 1.55 bits per heavy atom. The molecule has 3 aromatic rings. The number of benzene rings is 3. The summed E-state index contributed by atoms with van der Waals surface area (Å²) < 4.78 is 11.5. The number of esters is 1. The minimum Gasteiger partial charge on any atom is -0.484 e. The first-order valence-electron chi connectivity index (χ1n) is 12.1. The van der Waals surface area contributed by atoms with E-state index in [0.29, 0.717) is 17.1 Å². The third kappa shape index (κ3) is 5.21. The third-order valence-corrected chi connectivity index (χ3v) is 7.60. The monoisotopic (exact) mass is 526 g/mol. The van der Waals surface area contributed by atoms with Gasteiger partial charge in [-0.05, 0) is 28.8 Å². The maximum Gasteiger partial charge on any atom is 0.356 e. The van der Waals surface area contributed by atoms with Crippen LogP contribution in [-0.4, -0.2) is 46.5 Å². The van der Waals surface area contributed by atoms with Crippen LogP contribution in [0.5, 0.6) is 5.75 Å². The molecule has 1 fully saturated rings. The Labute approximate surface area is 225 Å². The van der Waals surface area contributed by atoms with Gasteiger partial charge in [-0.3, -0.25) is 14.5 Å². The number of amides is 2. The van der Waals surface area contributed by atoms with Gasteiger partial charge in [-0.15, -0.1) is 11.8 Å². The molecule has 0 aromatic heterocycles. The van der Waals surface area contributed by atoms with E-state index in [4.69, 9.17) is 9.47 Å². The lowest BCUT2D eigenvalue weighted by Gasteiger charge is -2.49. The first kappa shape index (κ1) is 25.4. The van der Waals surface area contributed by atoms with E-state index in [1.54, 1.807) is 18.2 Å². The van der Waals surface area contributed by atoms with Crippen molar-refractivity contribution in [1.29, 1.82) is 0 Å². The van der Waals surface area contributed by atoms with Crippen molar-refractivity contribution in [1.82, 2.24) is 10.2 Å². The van der Waals surface area contributed by atoms with E-state index < -0.39 is 29.4 Å². The minimum absolute atomic E-state index is 0.164. The molecule has 0 aliphatic carbocycles. The van der Waals surface area contributed by atoms with Gasteiger partial charge in [0.1, 0.15) is 22.9 Å². The average molecular weight is 527 g/mol. The Kier molecular flexibility index (Phi) is 7.60. The Bertz CT molecular complexity index is 1320. The second-order valence-corrected chi connectivity index (χ2v) is 9.85. The maximum absolute atomic E-state index is 13.6. The summed E-state index contributed by atoms with van der Waals surface area (Å²) >= 11 is 1.46. The Morgan fingerprint density at radius 1 is 0.974 bits per heavy atom. The molecule has 0 radical (unpaired) electrons. The fourth-order valence-electron chi connectivity index (χ4n) is 4.42. The fourth-order valence-corrected chi connectivity index (χ4v) is 5.76. The highest BCUT2D eigenvalue weighted by molar-refractivity contribution is 8.00. The van der Waals surface area contributed by atoms with Crippen molar-refractivity contribution in [3.05, 3.63) is 126 Å². The van der Waals surface area contributed by atoms with Crippen LogP contribution < -0.4 is 10.1 Å². The molecule has 8 heteroatoms. The van der Waals surface area contributed by atoms with Gasteiger partial charge >= 0.3 is 5.97 Å². The molecule has 2 aliphatic rings. The third-order valence-electron chi connectivity index (χ3n) is 6.30. The lowest BCUT2D eigenvalue weighted by atomic mass is 10.0. The molecule has 2 atom stereocenters. The van der Waals surface area contributed by atoms with E-state index >= 15 is 0 Å². The van der Waals surface area contributed by atoms with E-state index in [-0.39, 0.29) is 18.2 Å². The van der Waals surface area contributed by atoms with Gasteiger partial charge in [-0.25, -0.2) is 4.79 Å². The van der Waals surface area contributed by atoms with Gasteiger partial charge in [0.2, 0.25) is 0 Å². The van der Waals surface area contributed by atoms with Crippen LogP contribution in [0.4, 0.5) is 0 Å². The zero-order chi connectivity index (χ0) is 26.5. The fraction of sp³-hybridized carbons (Fsp3) is 0.167. The van der Waals surface area contributed by atoms with Crippen molar-refractivity contribution >= 4 is 29.5 Å². The predicted octanol–water partition coefficient (Wildman–Crippen LogP) is 4.24. The molecular weight excluding hydrogens is 500 g/mol. The number of para-hydroxylation sites is 1. The second-order valence-electron chi connectivity index (χ2n) is 8.74. The van der Waals surface area contributed by atoms with E-state index in [0.717, 1.165) is 11.1 Å². The summed E-state index contributed by atoms with van der Waals surface area (Å²) in [6.45, 7) is 3.62. The van der Waals surface area contributed by atoms with Gasteiger partial charge in [0, 0.05) is 5.75 Å². The number of hydrogen-bond acceptors (Lipinski definition) is 6. The zero-order valence-electron chi connectivity index (χ0n) is 20.5. The molecule has 2 amide bonds. The van der Waals surface area contributed by atoms with Crippen molar-refractivity contribution in [3.63, 3.8) is 0 Å². The summed E-state index contributed by atoms with van der Waals surface area (Å²) in [7, 11) is 0. The number of β-lactam (4-membered cyclic amide) rings is 1. The van der Waals surface area contributed by atoms with Gasteiger partial charge < -0.3 is 14.8 Å². The molecule has 0 bridgehead atoms. The molecule has 1 saturated heterocycles. The van der Waals surface area contributed by atoms with Crippen LogP contribution in [0.3, 0.4) is 0 Å². The summed E-state index contributed by atoms with van der Waals surface area (Å²) in [6, 6.07) is 27.1. The second kappa shape index (κ2) is 11.4. The number of fused-ring (bicyclic) bond motifs is 1. The Hall–Kier alpha value is -4.30. The van der Waals surface area contributed by atoms with Gasteiger partial charge in [0.25, 0.3) is 11.8 Å². The van der Waals surface area contributed by atoms with E-state index in [2.05, 4.69) is 11.9 Å². The maximum atomic E-state index is 13.6. The van der Waals surface area contributed by atoms with Crippen LogP contribution in [0.2, 0.25) is 0 Å². The molecule has 7 nitrogen and oxygen atoms in total. The molecular formula is C30H26N2O5S. The van der Waals surface area contributed by atoms with Crippen LogP contribution in [0, 0.1) is 0 Å². The SMILES string of the molecule is C=CC1=C(C(=O)OC(c2ccccc2)c2ccccc2)N2C(=O)C(NC(=O)COc3ccccc3)[C@@H]2SC1. The quantitative estimate of drug-likeness (QED) is 0.332. The number of nitrogens with zero attached hydrogens (tertiary/aromatic N) is 1. The number of thioether (sulfide) groups is 1. The number of carbonyl (C=O) groups is 3. The molecule has 3 aromatic carbocycles. The van der Waals surface area contributed by atoms with Crippen LogP contribution >= 0.6 is 11.8 Å². The summed E-state index contributed by atoms with van der Waals surface area (Å²) in [5.74, 6) is -0.392. The molecule has 1 N–H and O–H groups in total. The van der Waals surface area contributed by atoms with Crippen molar-refractivity contribution in [2.24, 2.45) is 0 Å². The largest absolute Gasteiger partial charge is 0.484 e. The summed E-state index contributed by atoms with van der Waals surface area (Å²) in [6.07, 6.45) is 0.922. The summed E-state index contributed by atoms with van der Waals surface area (Å²) in [5.41, 5.74) is 2.40. The minimum atomic E-state index is -0.764. The van der Waals surface area contributed by atoms with Gasteiger partial charge in [-0.1, -0.05) is 91.5 Å². The zero-order valence-corrected chi connectivity index (χ0v) is 21.3. The molecule has 0 saturated carbocycles. The van der Waals surface area contributed by atoms with Crippen LogP contribution in [0.1, 0.15) is 17.2 Å². The molecule has 192 valence electrons. The smallest absolute Gasteiger partial charge is 0.356 e. The standard InChI is InChI=1S/C30H26N2O5S/c1-2-20-19-38-29-25(31-24(33)18-36-23-16-10-5-11-17-23)28(34)32(29)26(20)30(35)37-27(21-12-6-3-7-13-21)22-14-8-4-9-15-22/h2-17,25,27,29H,1,18-19H2,(H,31,33)/t25?,29-/m0/s1. The predicted molar refractivity (Wildman–Crippen MR) is 145 cm³/mol. The normalized spacial score (nSPS) is 18.3. The van der Waals surface area contributed by atoms with Gasteiger partial charge in [0.15, 0.2) is 12.7 Å². The Morgan fingerprint density at radius 3 is 2.13 bits per heavy atom. The number of hydrogen-bond donors (Lipinski definition) is 1. The molecule has 2 heterocycles. The van der Waals surface area contributed by atoms with E-state index in [1.807, 2.05) is 78.9 Å². The first-order valence-corrected chi connectivity index (χ1v) is 13.2. The Balaban J connectivity index is 1.31. The first-order chi connectivity index (χ1) is 18.6. The van der Waals surface area contributed by atoms with Crippen LogP contribution in [0.25, 0.3) is 0 Å². The lowest BCUT2D eigenvalue weighted by Crippen LogP contribution is -2.70. The van der Waals surface area contributed by atoms with Crippen molar-refractivity contribution in [2.75, 3.05) is 12.4 Å². The van der Waals surface area contributed by atoms with E-state index in [1.165, 1.54) is 16.7 Å². The summed E-state index contributed by atoms with van der Waals surface area (Å²) in [5, 5.41) is 2.31. The van der Waals surface area contributed by atoms with Crippen LogP contribution in [0.15, 0.2) is 115 Å². The molecule has 5 rings (SSSR count). The van der Waals surface area contributed by atoms with E-state index in [9.17, 15) is 14.4 Å². The van der Waals surface area contributed by atoms with Crippen LogP contribution in [-0.2, 0) is 19.1 Å². The number of allylic oxidation sites excluding steroid dienone is 1. The highest BCUT2D eigenvalue weighted by Gasteiger charge is 2.54. The van der Waals surface area contributed by atoms with Crippen molar-refractivity contribution < 1.29 is 23.9 Å². The molecule has 38 heavy (non-hydrogen) atoms. The highest BCUT2D eigenvalue weighted by Crippen LogP contribution is 2.41. The van der Waals surface area contributed by atoms with Crippen molar-refractivity contribution in [2.45, 2.75) is 17.5 Å².